The summed E-state index contributed by atoms with van der Waals surface area (Å²) in [5, 5.41) is 3.30. The van der Waals surface area contributed by atoms with Gasteiger partial charge in [0.15, 0.2) is 11.6 Å². The lowest BCUT2D eigenvalue weighted by Gasteiger charge is -2.37. The highest BCUT2D eigenvalue weighted by atomic mass is 127. The van der Waals surface area contributed by atoms with E-state index in [-0.39, 0.29) is 0 Å². The van der Waals surface area contributed by atoms with Crippen molar-refractivity contribution in [3.63, 3.8) is 0 Å². The molecule has 4 rings (SSSR count). The topological polar surface area (TPSA) is 79.5 Å². The number of aromatic nitrogens is 2. The third-order valence-electron chi connectivity index (χ3n) is 4.99. The first-order valence-electron chi connectivity index (χ1n) is 9.41. The van der Waals surface area contributed by atoms with Crippen molar-refractivity contribution < 1.29 is 4.74 Å². The smallest absolute Gasteiger partial charge is 0.159 e. The third-order valence-corrected chi connectivity index (χ3v) is 5.71. The van der Waals surface area contributed by atoms with Crippen molar-refractivity contribution in [2.45, 2.75) is 0 Å². The molecule has 8 heteroatoms. The summed E-state index contributed by atoms with van der Waals surface area (Å²) in [5.41, 5.74) is 9.13. The Balaban J connectivity index is 1.44. The lowest BCUT2D eigenvalue weighted by Crippen LogP contribution is -2.47. The lowest BCUT2D eigenvalue weighted by atomic mass is 10.2. The molecular formula is C21H23IN6O. The molecule has 0 radical (unpaired) electrons. The fourth-order valence-electron chi connectivity index (χ4n) is 3.38. The minimum absolute atomic E-state index is 0.573. The number of rotatable bonds is 5. The molecule has 1 aromatic heterocycles. The van der Waals surface area contributed by atoms with Crippen LogP contribution in [-0.4, -0.2) is 43.3 Å². The van der Waals surface area contributed by atoms with Gasteiger partial charge in [-0.15, -0.1) is 0 Å². The number of methoxy groups -OCH3 is 1. The van der Waals surface area contributed by atoms with Crippen LogP contribution in [0.4, 0.5) is 28.7 Å². The summed E-state index contributed by atoms with van der Waals surface area (Å²) in [5.74, 6) is 2.28. The number of nitrogens with two attached hydrogens (primary N) is 1. The van der Waals surface area contributed by atoms with Crippen molar-refractivity contribution in [1.29, 1.82) is 0 Å². The average Bonchev–Trinajstić information content (AvgIpc) is 2.77. The second kappa shape index (κ2) is 8.73. The van der Waals surface area contributed by atoms with Gasteiger partial charge < -0.3 is 25.6 Å². The first kappa shape index (κ1) is 19.6. The predicted octanol–water partition coefficient (Wildman–Crippen LogP) is 3.74. The first-order chi connectivity index (χ1) is 14.1. The van der Waals surface area contributed by atoms with Crippen molar-refractivity contribution in [2.24, 2.45) is 0 Å². The molecule has 0 atom stereocenters. The van der Waals surface area contributed by atoms with E-state index < -0.39 is 0 Å². The van der Waals surface area contributed by atoms with E-state index >= 15 is 0 Å². The maximum Gasteiger partial charge on any atom is 0.159 e. The zero-order valence-corrected chi connectivity index (χ0v) is 18.3. The van der Waals surface area contributed by atoms with Crippen LogP contribution in [-0.2, 0) is 0 Å². The number of nitrogens with zero attached hydrogens (tertiary/aromatic N) is 4. The summed E-state index contributed by atoms with van der Waals surface area (Å²) in [4.78, 5) is 13.4. The highest BCUT2D eigenvalue weighted by Crippen LogP contribution is 2.30. The number of hydrogen-bond donors (Lipinski definition) is 2. The number of nitrogen functional groups attached to an aromatic ring is 1. The van der Waals surface area contributed by atoms with Crippen molar-refractivity contribution in [2.75, 3.05) is 54.1 Å². The Morgan fingerprint density at radius 2 is 1.59 bits per heavy atom. The molecule has 1 fully saturated rings. The molecule has 7 nitrogen and oxygen atoms in total. The standard InChI is InChI=1S/C21H23IN6O/c1-29-18-8-6-17(7-9-18)27-10-12-28(13-11-27)21-19(23)20(24-14-25-21)26-16-4-2-15(22)3-5-16/h2-9,14H,10-13,23H2,1H3,(H,24,25,26). The van der Waals surface area contributed by atoms with Gasteiger partial charge in [0.2, 0.25) is 0 Å². The fraction of sp³-hybridized carbons (Fsp3) is 0.238. The highest BCUT2D eigenvalue weighted by molar-refractivity contribution is 14.1. The van der Waals surface area contributed by atoms with Crippen LogP contribution in [0.3, 0.4) is 0 Å². The van der Waals surface area contributed by atoms with Gasteiger partial charge in [-0.1, -0.05) is 0 Å². The zero-order valence-electron chi connectivity index (χ0n) is 16.2. The summed E-state index contributed by atoms with van der Waals surface area (Å²) in [6.45, 7) is 3.48. The van der Waals surface area contributed by atoms with Crippen LogP contribution in [0.2, 0.25) is 0 Å². The number of ether oxygens (including phenoxy) is 1. The number of piperazine rings is 1. The summed E-state index contributed by atoms with van der Waals surface area (Å²) in [7, 11) is 1.68. The Bertz CT molecular complexity index is 956. The van der Waals surface area contributed by atoms with Gasteiger partial charge >= 0.3 is 0 Å². The molecule has 0 unspecified atom stereocenters. The minimum Gasteiger partial charge on any atom is -0.497 e. The molecule has 1 aliphatic rings. The molecule has 3 N–H and O–H groups in total. The summed E-state index contributed by atoms with van der Waals surface area (Å²) < 4.78 is 6.42. The van der Waals surface area contributed by atoms with Crippen LogP contribution < -0.4 is 25.6 Å². The Hall–Kier alpha value is -2.75. The van der Waals surface area contributed by atoms with E-state index in [0.29, 0.717) is 11.5 Å². The van der Waals surface area contributed by atoms with E-state index in [4.69, 9.17) is 10.5 Å². The average molecular weight is 502 g/mol. The Kier molecular flexibility index (Phi) is 5.89. The summed E-state index contributed by atoms with van der Waals surface area (Å²) >= 11 is 2.28. The van der Waals surface area contributed by atoms with Gasteiger partial charge in [0.25, 0.3) is 0 Å². The molecule has 150 valence electrons. The summed E-state index contributed by atoms with van der Waals surface area (Å²) in [6.07, 6.45) is 1.57. The molecule has 0 saturated carbocycles. The van der Waals surface area contributed by atoms with Gasteiger partial charge in [-0.2, -0.15) is 0 Å². The molecule has 3 aromatic rings. The quantitative estimate of drug-likeness (QED) is 0.515. The third kappa shape index (κ3) is 4.47. The maximum atomic E-state index is 6.41. The van der Waals surface area contributed by atoms with Gasteiger partial charge in [0.1, 0.15) is 17.8 Å². The predicted molar refractivity (Wildman–Crippen MR) is 126 cm³/mol. The molecule has 0 bridgehead atoms. The van der Waals surface area contributed by atoms with Gasteiger partial charge in [0.05, 0.1) is 7.11 Å². The zero-order chi connectivity index (χ0) is 20.2. The van der Waals surface area contributed by atoms with E-state index in [0.717, 1.165) is 43.4 Å². The number of benzene rings is 2. The monoisotopic (exact) mass is 502 g/mol. The van der Waals surface area contributed by atoms with Crippen LogP contribution in [0.1, 0.15) is 0 Å². The van der Waals surface area contributed by atoms with E-state index in [1.807, 2.05) is 36.4 Å². The van der Waals surface area contributed by atoms with Crippen molar-refractivity contribution in [1.82, 2.24) is 9.97 Å². The SMILES string of the molecule is COc1ccc(N2CCN(c3ncnc(Nc4ccc(I)cc4)c3N)CC2)cc1. The van der Waals surface area contributed by atoms with Gasteiger partial charge in [-0.05, 0) is 71.1 Å². The van der Waals surface area contributed by atoms with Crippen LogP contribution in [0.15, 0.2) is 54.9 Å². The number of halogens is 1. The fourth-order valence-corrected chi connectivity index (χ4v) is 3.74. The first-order valence-corrected chi connectivity index (χ1v) is 10.5. The van der Waals surface area contributed by atoms with Gasteiger partial charge in [-0.3, -0.25) is 0 Å². The van der Waals surface area contributed by atoms with Crippen molar-refractivity contribution in [3.05, 3.63) is 58.4 Å². The van der Waals surface area contributed by atoms with Crippen LogP contribution in [0.5, 0.6) is 5.75 Å². The van der Waals surface area contributed by atoms with Crippen LogP contribution >= 0.6 is 22.6 Å². The van der Waals surface area contributed by atoms with E-state index in [2.05, 4.69) is 59.8 Å². The van der Waals surface area contributed by atoms with Gasteiger partial charge in [0, 0.05) is 41.1 Å². The molecule has 0 spiro atoms. The normalized spacial score (nSPS) is 14.0. The second-order valence-electron chi connectivity index (χ2n) is 6.76. The largest absolute Gasteiger partial charge is 0.497 e. The molecule has 0 aliphatic carbocycles. The Morgan fingerprint density at radius 1 is 0.931 bits per heavy atom. The van der Waals surface area contributed by atoms with Crippen LogP contribution in [0.25, 0.3) is 0 Å². The Labute approximate surface area is 184 Å². The summed E-state index contributed by atoms with van der Waals surface area (Å²) in [6, 6.07) is 16.3. The lowest BCUT2D eigenvalue weighted by molar-refractivity contribution is 0.415. The van der Waals surface area contributed by atoms with E-state index in [1.54, 1.807) is 13.4 Å². The molecule has 0 amide bonds. The van der Waals surface area contributed by atoms with E-state index in [1.165, 1.54) is 9.26 Å². The van der Waals surface area contributed by atoms with E-state index in [9.17, 15) is 0 Å². The maximum absolute atomic E-state index is 6.41. The van der Waals surface area contributed by atoms with Crippen LogP contribution in [0, 0.1) is 3.57 Å². The molecule has 2 heterocycles. The van der Waals surface area contributed by atoms with Crippen molar-refractivity contribution in [3.8, 4) is 5.75 Å². The van der Waals surface area contributed by atoms with Gasteiger partial charge in [-0.25, -0.2) is 9.97 Å². The number of hydrogen-bond acceptors (Lipinski definition) is 7. The molecule has 2 aromatic carbocycles. The molecule has 29 heavy (non-hydrogen) atoms. The second-order valence-corrected chi connectivity index (χ2v) is 8.01. The molecule has 1 aliphatic heterocycles. The molecule has 1 saturated heterocycles. The number of nitrogens with one attached hydrogen (secondary N) is 1. The van der Waals surface area contributed by atoms with Crippen molar-refractivity contribution >= 4 is 51.3 Å². The number of anilines is 5. The molecular weight excluding hydrogens is 479 g/mol. The Morgan fingerprint density at radius 3 is 2.24 bits per heavy atom. The minimum atomic E-state index is 0.573. The highest BCUT2D eigenvalue weighted by Gasteiger charge is 2.21.